The van der Waals surface area contributed by atoms with Gasteiger partial charge in [0.25, 0.3) is 5.91 Å². The third-order valence-corrected chi connectivity index (χ3v) is 2.17. The highest BCUT2D eigenvalue weighted by Crippen LogP contribution is 2.28. The SMILES string of the molecule is Cc1ccc(NC(=O)C(C)O)c(OCC(F)(F)F)c1. The van der Waals surface area contributed by atoms with Gasteiger partial charge in [-0.25, -0.2) is 0 Å². The van der Waals surface area contributed by atoms with Gasteiger partial charge < -0.3 is 15.2 Å². The molecule has 1 unspecified atom stereocenters. The molecule has 0 aliphatic rings. The van der Waals surface area contributed by atoms with E-state index in [4.69, 9.17) is 5.11 Å². The average Bonchev–Trinajstić information content (AvgIpc) is 2.28. The van der Waals surface area contributed by atoms with E-state index in [1.165, 1.54) is 19.1 Å². The van der Waals surface area contributed by atoms with Gasteiger partial charge in [-0.2, -0.15) is 13.2 Å². The first-order valence-electron chi connectivity index (χ1n) is 5.48. The van der Waals surface area contributed by atoms with E-state index in [0.29, 0.717) is 5.56 Å². The Labute approximate surface area is 108 Å². The van der Waals surface area contributed by atoms with Crippen molar-refractivity contribution in [1.29, 1.82) is 0 Å². The number of hydrogen-bond donors (Lipinski definition) is 2. The van der Waals surface area contributed by atoms with Gasteiger partial charge in [-0.1, -0.05) is 6.07 Å². The fourth-order valence-electron chi connectivity index (χ4n) is 1.25. The Kier molecular flexibility index (Phi) is 4.77. The van der Waals surface area contributed by atoms with Crippen molar-refractivity contribution in [3.05, 3.63) is 23.8 Å². The smallest absolute Gasteiger partial charge is 0.422 e. The summed E-state index contributed by atoms with van der Waals surface area (Å²) < 4.78 is 41.0. The molecule has 0 bridgehead atoms. The number of aryl methyl sites for hydroxylation is 1. The summed E-state index contributed by atoms with van der Waals surface area (Å²) in [7, 11) is 0. The van der Waals surface area contributed by atoms with E-state index in [1.807, 2.05) is 0 Å². The van der Waals surface area contributed by atoms with Crippen molar-refractivity contribution in [2.24, 2.45) is 0 Å². The summed E-state index contributed by atoms with van der Waals surface area (Å²) in [6.45, 7) is 1.48. The van der Waals surface area contributed by atoms with Crippen LogP contribution in [0.2, 0.25) is 0 Å². The molecule has 0 spiro atoms. The Bertz CT molecular complexity index is 458. The lowest BCUT2D eigenvalue weighted by Crippen LogP contribution is -2.25. The second-order valence-corrected chi connectivity index (χ2v) is 4.07. The van der Waals surface area contributed by atoms with Crippen LogP contribution >= 0.6 is 0 Å². The van der Waals surface area contributed by atoms with Crippen molar-refractivity contribution >= 4 is 11.6 Å². The minimum atomic E-state index is -4.46. The Hall–Kier alpha value is -1.76. The molecule has 1 rings (SSSR count). The van der Waals surface area contributed by atoms with Crippen LogP contribution in [0.25, 0.3) is 0 Å². The number of nitrogens with one attached hydrogen (secondary N) is 1. The van der Waals surface area contributed by atoms with Gasteiger partial charge in [-0.05, 0) is 31.5 Å². The molecule has 1 amide bonds. The molecule has 7 heteroatoms. The predicted octanol–water partition coefficient (Wildman–Crippen LogP) is 2.26. The molecule has 0 aliphatic heterocycles. The number of hydrogen-bond acceptors (Lipinski definition) is 3. The normalized spacial score (nSPS) is 12.9. The van der Waals surface area contributed by atoms with E-state index in [1.54, 1.807) is 13.0 Å². The summed E-state index contributed by atoms with van der Waals surface area (Å²) in [6.07, 6.45) is -5.73. The maximum atomic E-state index is 12.1. The fraction of sp³-hybridized carbons (Fsp3) is 0.417. The highest BCUT2D eigenvalue weighted by atomic mass is 19.4. The summed E-state index contributed by atoms with van der Waals surface area (Å²) in [4.78, 5) is 11.3. The molecule has 0 saturated heterocycles. The van der Waals surface area contributed by atoms with Gasteiger partial charge in [0.1, 0.15) is 11.9 Å². The molecule has 0 fully saturated rings. The Morgan fingerprint density at radius 2 is 2.11 bits per heavy atom. The number of alkyl halides is 3. The Morgan fingerprint density at radius 1 is 1.47 bits per heavy atom. The van der Waals surface area contributed by atoms with Crippen molar-refractivity contribution in [3.8, 4) is 5.75 Å². The molecule has 19 heavy (non-hydrogen) atoms. The summed E-state index contributed by atoms with van der Waals surface area (Å²) in [5, 5.41) is 11.3. The molecule has 0 heterocycles. The monoisotopic (exact) mass is 277 g/mol. The van der Waals surface area contributed by atoms with Crippen LogP contribution in [0, 0.1) is 6.92 Å². The largest absolute Gasteiger partial charge is 0.482 e. The zero-order valence-corrected chi connectivity index (χ0v) is 10.4. The van der Waals surface area contributed by atoms with Crippen molar-refractivity contribution in [3.63, 3.8) is 0 Å². The van der Waals surface area contributed by atoms with Gasteiger partial charge in [0.05, 0.1) is 5.69 Å². The van der Waals surface area contributed by atoms with Crippen molar-refractivity contribution < 1.29 is 27.8 Å². The number of ether oxygens (including phenoxy) is 1. The van der Waals surface area contributed by atoms with E-state index >= 15 is 0 Å². The third kappa shape index (κ3) is 5.17. The summed E-state index contributed by atoms with van der Waals surface area (Å²) >= 11 is 0. The van der Waals surface area contributed by atoms with Gasteiger partial charge >= 0.3 is 6.18 Å². The van der Waals surface area contributed by atoms with Crippen molar-refractivity contribution in [2.75, 3.05) is 11.9 Å². The average molecular weight is 277 g/mol. The molecule has 0 aromatic heterocycles. The van der Waals surface area contributed by atoms with Crippen LogP contribution < -0.4 is 10.1 Å². The molecule has 1 aromatic rings. The zero-order chi connectivity index (χ0) is 14.6. The molecule has 0 saturated carbocycles. The minimum absolute atomic E-state index is 0.0840. The Morgan fingerprint density at radius 3 is 2.63 bits per heavy atom. The first-order chi connectivity index (χ1) is 8.69. The molecular formula is C12H14F3NO3. The quantitative estimate of drug-likeness (QED) is 0.887. The predicted molar refractivity (Wildman–Crippen MR) is 63.0 cm³/mol. The lowest BCUT2D eigenvalue weighted by atomic mass is 10.2. The highest BCUT2D eigenvalue weighted by molar-refractivity contribution is 5.95. The lowest BCUT2D eigenvalue weighted by molar-refractivity contribution is -0.153. The molecule has 1 atom stereocenters. The molecule has 2 N–H and O–H groups in total. The number of amides is 1. The van der Waals surface area contributed by atoms with Crippen LogP contribution in [0.3, 0.4) is 0 Å². The van der Waals surface area contributed by atoms with E-state index in [-0.39, 0.29) is 11.4 Å². The maximum absolute atomic E-state index is 12.1. The number of anilines is 1. The van der Waals surface area contributed by atoms with Gasteiger partial charge in [0.2, 0.25) is 0 Å². The van der Waals surface area contributed by atoms with Gasteiger partial charge in [0.15, 0.2) is 6.61 Å². The number of aliphatic hydroxyl groups is 1. The number of carbonyl (C=O) groups excluding carboxylic acids is 1. The van der Waals surface area contributed by atoms with Crippen LogP contribution in [0.5, 0.6) is 5.75 Å². The summed E-state index contributed by atoms with van der Waals surface area (Å²) in [6, 6.07) is 4.41. The summed E-state index contributed by atoms with van der Waals surface area (Å²) in [5.74, 6) is -0.813. The minimum Gasteiger partial charge on any atom is -0.482 e. The van der Waals surface area contributed by atoms with Crippen LogP contribution in [0.1, 0.15) is 12.5 Å². The first-order valence-corrected chi connectivity index (χ1v) is 5.48. The maximum Gasteiger partial charge on any atom is 0.422 e. The standard InChI is InChI=1S/C12H14F3NO3/c1-7-3-4-9(16-11(18)8(2)17)10(5-7)19-6-12(13,14)15/h3-5,8,17H,6H2,1-2H3,(H,16,18). The highest BCUT2D eigenvalue weighted by Gasteiger charge is 2.29. The molecule has 1 aromatic carbocycles. The second kappa shape index (κ2) is 5.92. The van der Waals surface area contributed by atoms with E-state index in [9.17, 15) is 18.0 Å². The van der Waals surface area contributed by atoms with Crippen LogP contribution in [-0.2, 0) is 4.79 Å². The molecule has 106 valence electrons. The van der Waals surface area contributed by atoms with Crippen molar-refractivity contribution in [2.45, 2.75) is 26.1 Å². The summed E-state index contributed by atoms with van der Waals surface area (Å²) in [5.41, 5.74) is 0.771. The number of aliphatic hydroxyl groups excluding tert-OH is 1. The van der Waals surface area contributed by atoms with Crippen LogP contribution in [0.15, 0.2) is 18.2 Å². The number of halogens is 3. The molecular weight excluding hydrogens is 263 g/mol. The van der Waals surface area contributed by atoms with Gasteiger partial charge in [-0.3, -0.25) is 4.79 Å². The zero-order valence-electron chi connectivity index (χ0n) is 10.4. The van der Waals surface area contributed by atoms with Crippen molar-refractivity contribution in [1.82, 2.24) is 0 Å². The fourth-order valence-corrected chi connectivity index (χ4v) is 1.25. The number of benzene rings is 1. The van der Waals surface area contributed by atoms with Crippen LogP contribution in [0.4, 0.5) is 18.9 Å². The number of rotatable bonds is 4. The molecule has 0 radical (unpaired) electrons. The van der Waals surface area contributed by atoms with E-state index in [2.05, 4.69) is 10.1 Å². The first kappa shape index (κ1) is 15.3. The lowest BCUT2D eigenvalue weighted by Gasteiger charge is -2.15. The van der Waals surface area contributed by atoms with Crippen LogP contribution in [-0.4, -0.2) is 29.9 Å². The van der Waals surface area contributed by atoms with E-state index in [0.717, 1.165) is 0 Å². The topological polar surface area (TPSA) is 58.6 Å². The molecule has 0 aliphatic carbocycles. The third-order valence-electron chi connectivity index (χ3n) is 2.17. The van der Waals surface area contributed by atoms with E-state index < -0.39 is 24.8 Å². The molecule has 4 nitrogen and oxygen atoms in total. The number of carbonyl (C=O) groups is 1. The van der Waals surface area contributed by atoms with Gasteiger partial charge in [0, 0.05) is 0 Å². The van der Waals surface area contributed by atoms with Gasteiger partial charge in [-0.15, -0.1) is 0 Å². The Balaban J connectivity index is 2.88. The second-order valence-electron chi connectivity index (χ2n) is 4.07.